The average Bonchev–Trinajstić information content (AvgIpc) is 2.96. The lowest BCUT2D eigenvalue weighted by atomic mass is 10.1. The fourth-order valence-electron chi connectivity index (χ4n) is 4.24. The molecule has 0 bridgehead atoms. The summed E-state index contributed by atoms with van der Waals surface area (Å²) < 4.78 is 15.9. The highest BCUT2D eigenvalue weighted by molar-refractivity contribution is 7.80. The minimum Gasteiger partial charge on any atom is -0.493 e. The van der Waals surface area contributed by atoms with Crippen molar-refractivity contribution in [1.82, 2.24) is 10.2 Å². The van der Waals surface area contributed by atoms with Crippen LogP contribution in [0.15, 0.2) is 66.7 Å². The lowest BCUT2D eigenvalue weighted by molar-refractivity contribution is 0.0746. The fourth-order valence-corrected chi connectivity index (χ4v) is 4.45. The number of nitrogens with one attached hydrogen (secondary N) is 2. The predicted octanol–water partition coefficient (Wildman–Crippen LogP) is 3.80. The van der Waals surface area contributed by atoms with Crippen molar-refractivity contribution in [3.63, 3.8) is 0 Å². The van der Waals surface area contributed by atoms with Crippen LogP contribution in [-0.4, -0.2) is 69.3 Å². The van der Waals surface area contributed by atoms with Crippen molar-refractivity contribution in [2.24, 2.45) is 0 Å². The first-order valence-electron chi connectivity index (χ1n) is 12.0. The Bertz CT molecular complexity index is 1270. The number of carbonyl (C=O) groups excluding carboxylic acids is 2. The minimum atomic E-state index is -0.415. The number of hydrogen-bond acceptors (Lipinski definition) is 7. The molecule has 1 saturated heterocycles. The monoisotopic (exact) mass is 534 g/mol. The van der Waals surface area contributed by atoms with Gasteiger partial charge in [-0.05, 0) is 60.7 Å². The summed E-state index contributed by atoms with van der Waals surface area (Å²) in [7, 11) is 4.47. The van der Waals surface area contributed by atoms with E-state index in [1.807, 2.05) is 59.5 Å². The quantitative estimate of drug-likeness (QED) is 0.443. The summed E-state index contributed by atoms with van der Waals surface area (Å²) in [6.07, 6.45) is 0. The molecular weight excluding hydrogens is 504 g/mol. The molecule has 2 amide bonds. The van der Waals surface area contributed by atoms with Crippen LogP contribution in [0.4, 0.5) is 11.4 Å². The van der Waals surface area contributed by atoms with E-state index in [2.05, 4.69) is 15.5 Å². The van der Waals surface area contributed by atoms with E-state index in [1.165, 1.54) is 21.3 Å². The van der Waals surface area contributed by atoms with Crippen molar-refractivity contribution in [1.29, 1.82) is 0 Å². The average molecular weight is 535 g/mol. The van der Waals surface area contributed by atoms with E-state index in [-0.39, 0.29) is 11.0 Å². The molecule has 0 saturated carbocycles. The van der Waals surface area contributed by atoms with Crippen LogP contribution in [0, 0.1) is 0 Å². The molecule has 3 aromatic rings. The maximum Gasteiger partial charge on any atom is 0.257 e. The van der Waals surface area contributed by atoms with E-state index in [0.29, 0.717) is 41.5 Å². The standard InChI is InChI=1S/C28H30N4O5S/c1-35-23-17-20(18-24(36-2)25(23)37-3)26(33)30-28(38)29-21-9-11-22(12-10-21)31-13-15-32(16-14-31)27(34)19-7-5-4-6-8-19/h4-12,17-18H,13-16H2,1-3H3,(H2,29,30,33,38). The van der Waals surface area contributed by atoms with Gasteiger partial charge in [-0.3, -0.25) is 14.9 Å². The second-order valence-electron chi connectivity index (χ2n) is 8.51. The van der Waals surface area contributed by atoms with E-state index in [0.717, 1.165) is 24.5 Å². The number of benzene rings is 3. The van der Waals surface area contributed by atoms with Gasteiger partial charge in [0.05, 0.1) is 21.3 Å². The van der Waals surface area contributed by atoms with Crippen LogP contribution in [0.5, 0.6) is 17.2 Å². The highest BCUT2D eigenvalue weighted by Gasteiger charge is 2.22. The van der Waals surface area contributed by atoms with Crippen LogP contribution >= 0.6 is 12.2 Å². The van der Waals surface area contributed by atoms with E-state index in [9.17, 15) is 9.59 Å². The molecule has 3 aromatic carbocycles. The molecule has 198 valence electrons. The zero-order chi connectivity index (χ0) is 27.1. The zero-order valence-electron chi connectivity index (χ0n) is 21.5. The number of amides is 2. The second kappa shape index (κ2) is 12.3. The second-order valence-corrected chi connectivity index (χ2v) is 8.92. The number of nitrogens with zero attached hydrogens (tertiary/aromatic N) is 2. The van der Waals surface area contributed by atoms with Gasteiger partial charge >= 0.3 is 0 Å². The van der Waals surface area contributed by atoms with Crippen molar-refractivity contribution in [3.05, 3.63) is 77.9 Å². The molecule has 1 fully saturated rings. The fraction of sp³-hybridized carbons (Fsp3) is 0.250. The maximum absolute atomic E-state index is 12.8. The Labute approximate surface area is 227 Å². The van der Waals surface area contributed by atoms with Crippen LogP contribution in [0.25, 0.3) is 0 Å². The Hall–Kier alpha value is -4.31. The third kappa shape index (κ3) is 6.15. The van der Waals surface area contributed by atoms with Crippen LogP contribution < -0.4 is 29.7 Å². The summed E-state index contributed by atoms with van der Waals surface area (Å²) >= 11 is 5.34. The Morgan fingerprint density at radius 3 is 1.95 bits per heavy atom. The van der Waals surface area contributed by atoms with Crippen molar-refractivity contribution < 1.29 is 23.8 Å². The lowest BCUT2D eigenvalue weighted by Crippen LogP contribution is -2.48. The largest absolute Gasteiger partial charge is 0.493 e. The number of carbonyl (C=O) groups is 2. The van der Waals surface area contributed by atoms with Crippen LogP contribution in [0.1, 0.15) is 20.7 Å². The third-order valence-electron chi connectivity index (χ3n) is 6.23. The molecule has 0 spiro atoms. The Balaban J connectivity index is 1.31. The van der Waals surface area contributed by atoms with Gasteiger partial charge in [0.15, 0.2) is 16.6 Å². The molecule has 1 aliphatic rings. The molecule has 2 N–H and O–H groups in total. The van der Waals surface area contributed by atoms with Gasteiger partial charge in [0.1, 0.15) is 0 Å². The van der Waals surface area contributed by atoms with E-state index in [4.69, 9.17) is 26.4 Å². The molecular formula is C28H30N4O5S. The summed E-state index contributed by atoms with van der Waals surface area (Å²) in [5.74, 6) is 0.790. The molecule has 10 heteroatoms. The highest BCUT2D eigenvalue weighted by atomic mass is 32.1. The van der Waals surface area contributed by atoms with Gasteiger partial charge < -0.3 is 29.3 Å². The lowest BCUT2D eigenvalue weighted by Gasteiger charge is -2.36. The number of hydrogen-bond donors (Lipinski definition) is 2. The number of ether oxygens (including phenoxy) is 3. The van der Waals surface area contributed by atoms with E-state index < -0.39 is 5.91 Å². The summed E-state index contributed by atoms with van der Waals surface area (Å²) in [5.41, 5.74) is 2.81. The molecule has 1 heterocycles. The molecule has 0 aromatic heterocycles. The van der Waals surface area contributed by atoms with Gasteiger partial charge in [0.2, 0.25) is 5.75 Å². The van der Waals surface area contributed by atoms with Crippen molar-refractivity contribution >= 4 is 40.5 Å². The van der Waals surface area contributed by atoms with Gasteiger partial charge in [-0.25, -0.2) is 0 Å². The maximum atomic E-state index is 12.8. The van der Waals surface area contributed by atoms with Gasteiger partial charge in [0.25, 0.3) is 11.8 Å². The van der Waals surface area contributed by atoms with Crippen LogP contribution in [0.3, 0.4) is 0 Å². The van der Waals surface area contributed by atoms with E-state index >= 15 is 0 Å². The van der Waals surface area contributed by atoms with Crippen molar-refractivity contribution in [2.45, 2.75) is 0 Å². The molecule has 38 heavy (non-hydrogen) atoms. The molecule has 0 atom stereocenters. The predicted molar refractivity (Wildman–Crippen MR) is 151 cm³/mol. The molecule has 0 unspecified atom stereocenters. The highest BCUT2D eigenvalue weighted by Crippen LogP contribution is 2.38. The number of thiocarbonyl (C=S) groups is 1. The molecule has 0 radical (unpaired) electrons. The first kappa shape index (κ1) is 26.7. The topological polar surface area (TPSA) is 92.4 Å². The van der Waals surface area contributed by atoms with Gasteiger partial charge in [0, 0.05) is 48.7 Å². The van der Waals surface area contributed by atoms with E-state index in [1.54, 1.807) is 12.1 Å². The Morgan fingerprint density at radius 2 is 1.39 bits per heavy atom. The Kier molecular flexibility index (Phi) is 8.65. The summed E-state index contributed by atoms with van der Waals surface area (Å²) in [4.78, 5) is 29.6. The number of piperazine rings is 1. The first-order chi connectivity index (χ1) is 18.4. The summed E-state index contributed by atoms with van der Waals surface area (Å²) in [5, 5.41) is 5.86. The minimum absolute atomic E-state index is 0.0619. The molecule has 1 aliphatic heterocycles. The first-order valence-corrected chi connectivity index (χ1v) is 12.5. The molecule has 0 aliphatic carbocycles. The number of rotatable bonds is 7. The number of anilines is 2. The van der Waals surface area contributed by atoms with Crippen molar-refractivity contribution in [3.8, 4) is 17.2 Å². The smallest absolute Gasteiger partial charge is 0.257 e. The summed E-state index contributed by atoms with van der Waals surface area (Å²) in [6.45, 7) is 2.80. The van der Waals surface area contributed by atoms with Gasteiger partial charge in [-0.15, -0.1) is 0 Å². The Morgan fingerprint density at radius 1 is 0.789 bits per heavy atom. The van der Waals surface area contributed by atoms with Gasteiger partial charge in [-0.1, -0.05) is 18.2 Å². The molecule has 4 rings (SSSR count). The number of methoxy groups -OCH3 is 3. The third-order valence-corrected chi connectivity index (χ3v) is 6.44. The molecule has 9 nitrogen and oxygen atoms in total. The normalized spacial score (nSPS) is 12.9. The zero-order valence-corrected chi connectivity index (χ0v) is 22.3. The summed E-state index contributed by atoms with van der Waals surface area (Å²) in [6, 6.07) is 20.2. The van der Waals surface area contributed by atoms with Gasteiger partial charge in [-0.2, -0.15) is 0 Å². The van der Waals surface area contributed by atoms with Crippen molar-refractivity contribution in [2.75, 3.05) is 57.7 Å². The van der Waals surface area contributed by atoms with Crippen LogP contribution in [-0.2, 0) is 0 Å². The SMILES string of the molecule is COc1cc(C(=O)NC(=S)Nc2ccc(N3CCN(C(=O)c4ccccc4)CC3)cc2)cc(OC)c1OC. The van der Waals surface area contributed by atoms with Crippen LogP contribution in [0.2, 0.25) is 0 Å².